The summed E-state index contributed by atoms with van der Waals surface area (Å²) in [6, 6.07) is 36.8. The standard InChI is InChI=1S/C17H19NSi.C11H13NSi.2C10H9.4ClH.2Zr/c1-13-9-14-11-16(12-19(2)3)18(17(14)10-13)15-7-5-4-6-8-15;1-8-4-9-6-10(7-13(2)3)12-11(9)5-8;2*1-8-6-9-4-2-3-5-10(9)7-8;;;;;;/h4-12,16H,1-3H3;4-7H,1-3H3;2*2-7H,1H3;4*1H;;/q;;2*-1;;;;;2*+4/p-4. The van der Waals surface area contributed by atoms with Crippen LogP contribution in [0.5, 0.6) is 0 Å². The van der Waals surface area contributed by atoms with Crippen molar-refractivity contribution < 1.29 is 102 Å². The maximum Gasteiger partial charge on any atom is 4.00 e. The summed E-state index contributed by atoms with van der Waals surface area (Å²) >= 11 is 0. The van der Waals surface area contributed by atoms with Crippen LogP contribution in [0.15, 0.2) is 178 Å². The SMILES string of the molecule is CC1=CC2=CC(C=[Si](C)C)N(c3ccccc3)C2=C1.CC1=CC2=NC(C=[Si](C)C)=CC2=C1.Cc1cc2ccccc2[cH-]1.Cc1cc2ccccc2[cH-]1.[Cl-].[Cl-].[Cl-].[Cl-].[Zr+4].[Zr+4]. The number of para-hydroxylation sites is 1. The largest absolute Gasteiger partial charge is 4.00 e. The third kappa shape index (κ3) is 15.1. The summed E-state index contributed by atoms with van der Waals surface area (Å²) < 4.78 is 0. The fraction of sp³-hybridized carbons (Fsp3) is 0.188. The topological polar surface area (TPSA) is 15.6 Å². The molecule has 0 N–H and O–H groups in total. The summed E-state index contributed by atoms with van der Waals surface area (Å²) in [5.74, 6) is 0. The number of allylic oxidation sites excluding steroid dienone is 9. The predicted octanol–water partition coefficient (Wildman–Crippen LogP) is -0.122. The first-order valence-electron chi connectivity index (χ1n) is 18.2. The summed E-state index contributed by atoms with van der Waals surface area (Å²) in [6.07, 6.45) is 13.5. The molecule has 2 aliphatic heterocycles. The average molecular weight is 1040 g/mol. The van der Waals surface area contributed by atoms with Gasteiger partial charge in [0.05, 0.1) is 17.5 Å². The molecule has 1 atom stereocenters. The summed E-state index contributed by atoms with van der Waals surface area (Å²) in [6.45, 7) is 17.8. The Morgan fingerprint density at radius 1 is 0.586 bits per heavy atom. The number of hydrogen-bond acceptors (Lipinski definition) is 2. The number of hydrogen-bond donors (Lipinski definition) is 0. The molecule has 0 amide bonds. The van der Waals surface area contributed by atoms with Gasteiger partial charge in [0.2, 0.25) is 0 Å². The van der Waals surface area contributed by atoms with E-state index in [2.05, 4.69) is 215 Å². The van der Waals surface area contributed by atoms with E-state index in [1.807, 2.05) is 0 Å². The van der Waals surface area contributed by atoms with Gasteiger partial charge in [0.1, 0.15) is 0 Å². The summed E-state index contributed by atoms with van der Waals surface area (Å²) in [5.41, 5.74) is 17.8. The number of anilines is 1. The Bertz CT molecular complexity index is 2260. The fourth-order valence-corrected chi connectivity index (χ4v) is 8.64. The molecule has 2 nitrogen and oxygen atoms in total. The molecule has 9 rings (SSSR count). The Kier molecular flexibility index (Phi) is 25.3. The monoisotopic (exact) mass is 1030 g/mol. The molecule has 0 spiro atoms. The molecule has 5 aromatic carbocycles. The quantitative estimate of drug-likeness (QED) is 0.182. The molecule has 2 aliphatic carbocycles. The van der Waals surface area contributed by atoms with E-state index in [1.165, 1.54) is 66.3 Å². The molecule has 0 saturated carbocycles. The van der Waals surface area contributed by atoms with E-state index in [1.54, 1.807) is 0 Å². The van der Waals surface area contributed by atoms with Gasteiger partial charge >= 0.3 is 52.4 Å². The zero-order chi connectivity index (χ0) is 36.8. The van der Waals surface area contributed by atoms with Crippen LogP contribution in [0.2, 0.25) is 26.2 Å². The van der Waals surface area contributed by atoms with Crippen LogP contribution in [0.25, 0.3) is 21.5 Å². The summed E-state index contributed by atoms with van der Waals surface area (Å²) in [7, 11) is -0.669. The fourth-order valence-electron chi connectivity index (χ4n) is 6.97. The Hall–Kier alpha value is -2.11. The molecule has 0 bridgehead atoms. The predicted molar refractivity (Wildman–Crippen MR) is 236 cm³/mol. The van der Waals surface area contributed by atoms with Crippen molar-refractivity contribution in [3.05, 3.63) is 184 Å². The Morgan fingerprint density at radius 3 is 1.60 bits per heavy atom. The molecule has 294 valence electrons. The smallest absolute Gasteiger partial charge is 1.00 e. The van der Waals surface area contributed by atoms with Crippen molar-refractivity contribution in [2.75, 3.05) is 4.90 Å². The normalized spacial score (nSPS) is 14.6. The second-order valence-corrected chi connectivity index (χ2v) is 19.5. The number of aliphatic imine (C=N–C) groups is 1. The molecular weight excluding hydrogens is 985 g/mol. The molecule has 58 heavy (non-hydrogen) atoms. The van der Waals surface area contributed by atoms with Crippen molar-refractivity contribution in [3.8, 4) is 0 Å². The number of halogens is 4. The maximum absolute atomic E-state index is 4.54. The minimum Gasteiger partial charge on any atom is -1.00 e. The van der Waals surface area contributed by atoms with Crippen molar-refractivity contribution in [3.63, 3.8) is 0 Å². The van der Waals surface area contributed by atoms with Gasteiger partial charge in [-0.2, -0.15) is 12.1 Å². The van der Waals surface area contributed by atoms with Crippen LogP contribution in [0.3, 0.4) is 0 Å². The van der Waals surface area contributed by atoms with E-state index in [9.17, 15) is 0 Å². The molecule has 4 aliphatic rings. The first-order chi connectivity index (χ1) is 25.0. The Morgan fingerprint density at radius 2 is 1.10 bits per heavy atom. The third-order valence-electron chi connectivity index (χ3n) is 9.05. The van der Waals surface area contributed by atoms with Gasteiger partial charge in [-0.1, -0.05) is 87.8 Å². The van der Waals surface area contributed by atoms with E-state index in [4.69, 9.17) is 0 Å². The van der Waals surface area contributed by atoms with Crippen LogP contribution in [0, 0.1) is 13.8 Å². The minimum absolute atomic E-state index is 0. The summed E-state index contributed by atoms with van der Waals surface area (Å²) in [4.78, 5) is 7.00. The summed E-state index contributed by atoms with van der Waals surface area (Å²) in [5, 5.41) is 5.39. The zero-order valence-electron chi connectivity index (χ0n) is 34.4. The van der Waals surface area contributed by atoms with Crippen LogP contribution >= 0.6 is 0 Å². The van der Waals surface area contributed by atoms with Crippen molar-refractivity contribution in [1.29, 1.82) is 0 Å². The molecule has 0 fully saturated rings. The van der Waals surface area contributed by atoms with Crippen LogP contribution < -0.4 is 54.5 Å². The van der Waals surface area contributed by atoms with Crippen LogP contribution in [0.1, 0.15) is 25.0 Å². The van der Waals surface area contributed by atoms with Gasteiger partial charge in [-0.15, -0.1) is 81.2 Å². The van der Waals surface area contributed by atoms with E-state index in [-0.39, 0.29) is 119 Å². The number of fused-ring (bicyclic) bond motifs is 4. The van der Waals surface area contributed by atoms with Crippen molar-refractivity contribution in [2.45, 2.75) is 59.9 Å². The van der Waals surface area contributed by atoms with Gasteiger partial charge < -0.3 is 54.5 Å². The van der Waals surface area contributed by atoms with Crippen LogP contribution in [-0.4, -0.2) is 39.9 Å². The molecule has 0 saturated heterocycles. The second-order valence-electron chi connectivity index (χ2n) is 14.6. The molecular formula is C48H50Cl4N2Si2Zr2+2. The van der Waals surface area contributed by atoms with Gasteiger partial charge in [0.15, 0.2) is 0 Å². The van der Waals surface area contributed by atoms with E-state index >= 15 is 0 Å². The number of nitrogens with zero attached hydrogens (tertiary/aromatic N) is 2. The van der Waals surface area contributed by atoms with E-state index in [0.29, 0.717) is 6.04 Å². The minimum atomic E-state index is -0.360. The Balaban J connectivity index is 0.000000746. The van der Waals surface area contributed by atoms with Crippen molar-refractivity contribution >= 4 is 61.1 Å². The van der Waals surface area contributed by atoms with Gasteiger partial charge in [0, 0.05) is 33.8 Å². The number of benzene rings is 3. The maximum atomic E-state index is 4.54. The molecule has 1 unspecified atom stereocenters. The van der Waals surface area contributed by atoms with Gasteiger partial charge in [0.25, 0.3) is 0 Å². The average Bonchev–Trinajstić information content (AvgIpc) is 3.93. The van der Waals surface area contributed by atoms with Crippen LogP contribution in [-0.2, 0) is 52.4 Å². The molecule has 10 heteroatoms. The first-order valence-corrected chi connectivity index (χ1v) is 23.4. The third-order valence-corrected chi connectivity index (χ3v) is 10.9. The molecule has 5 aromatic rings. The van der Waals surface area contributed by atoms with E-state index in [0.717, 1.165) is 11.4 Å². The van der Waals surface area contributed by atoms with Gasteiger partial charge in [-0.3, -0.25) is 0 Å². The number of rotatable bonds is 3. The van der Waals surface area contributed by atoms with E-state index < -0.39 is 0 Å². The molecule has 0 aromatic heterocycles. The van der Waals surface area contributed by atoms with Crippen molar-refractivity contribution in [2.24, 2.45) is 4.99 Å². The van der Waals surface area contributed by atoms with Crippen LogP contribution in [0.4, 0.5) is 5.69 Å². The Labute approximate surface area is 413 Å². The number of aryl methyl sites for hydroxylation is 2. The first kappa shape index (κ1) is 55.9. The zero-order valence-corrected chi connectivity index (χ0v) is 44.4. The van der Waals surface area contributed by atoms with Crippen molar-refractivity contribution in [1.82, 2.24) is 0 Å². The van der Waals surface area contributed by atoms with Gasteiger partial charge in [-0.25, -0.2) is 4.99 Å². The van der Waals surface area contributed by atoms with Gasteiger partial charge in [-0.05, 0) is 73.1 Å². The molecule has 2 heterocycles. The molecule has 0 radical (unpaired) electrons. The second kappa shape index (κ2) is 26.3.